The van der Waals surface area contributed by atoms with Gasteiger partial charge in [0.25, 0.3) is 0 Å². The third-order valence-corrected chi connectivity index (χ3v) is 3.43. The largest absolute Gasteiger partial charge is 0.490 e. The highest BCUT2D eigenvalue weighted by Gasteiger charge is 2.42. The van der Waals surface area contributed by atoms with E-state index in [1.54, 1.807) is 6.92 Å². The van der Waals surface area contributed by atoms with E-state index in [2.05, 4.69) is 5.32 Å². The summed E-state index contributed by atoms with van der Waals surface area (Å²) < 4.78 is 50.5. The Bertz CT molecular complexity index is 494. The Labute approximate surface area is 126 Å². The first kappa shape index (κ1) is 16.2. The van der Waals surface area contributed by atoms with E-state index in [0.29, 0.717) is 37.6 Å². The number of hydrogen-bond acceptors (Lipinski definition) is 3. The number of fused-ring (bicyclic) bond motifs is 1. The molecule has 1 aromatic rings. The SMILES string of the molecule is CCCNC(c1cc2c(cc1Cl)OCCCO2)C(F)(F)F. The van der Waals surface area contributed by atoms with Gasteiger partial charge in [-0.05, 0) is 19.0 Å². The lowest BCUT2D eigenvalue weighted by atomic mass is 10.1. The third-order valence-electron chi connectivity index (χ3n) is 3.10. The molecule has 0 bridgehead atoms. The lowest BCUT2D eigenvalue weighted by Gasteiger charge is -2.24. The summed E-state index contributed by atoms with van der Waals surface area (Å²) in [5.41, 5.74) is -0.0399. The van der Waals surface area contributed by atoms with Crippen LogP contribution in [-0.4, -0.2) is 25.9 Å². The Kier molecular flexibility index (Phi) is 5.22. The molecule has 21 heavy (non-hydrogen) atoms. The maximum atomic E-state index is 13.2. The molecule has 1 aromatic carbocycles. The quantitative estimate of drug-likeness (QED) is 0.904. The number of hydrogen-bond donors (Lipinski definition) is 1. The predicted octanol–water partition coefficient (Wildman–Crippen LogP) is 4.10. The van der Waals surface area contributed by atoms with Crippen LogP contribution in [0, 0.1) is 0 Å². The van der Waals surface area contributed by atoms with E-state index < -0.39 is 12.2 Å². The van der Waals surface area contributed by atoms with Crippen molar-refractivity contribution in [3.05, 3.63) is 22.7 Å². The predicted molar refractivity (Wildman–Crippen MR) is 74.1 cm³/mol. The molecule has 0 saturated carbocycles. The normalized spacial score (nSPS) is 16.4. The van der Waals surface area contributed by atoms with E-state index in [1.165, 1.54) is 12.1 Å². The Morgan fingerprint density at radius 2 is 1.86 bits per heavy atom. The fourth-order valence-corrected chi connectivity index (χ4v) is 2.37. The van der Waals surface area contributed by atoms with Crippen LogP contribution in [0.5, 0.6) is 11.5 Å². The van der Waals surface area contributed by atoms with Crippen LogP contribution in [0.2, 0.25) is 5.02 Å². The molecule has 3 nitrogen and oxygen atoms in total. The Hall–Kier alpha value is -1.14. The third kappa shape index (κ3) is 3.95. The lowest BCUT2D eigenvalue weighted by molar-refractivity contribution is -0.157. The van der Waals surface area contributed by atoms with Gasteiger partial charge in [0, 0.05) is 23.1 Å². The molecule has 0 fully saturated rings. The van der Waals surface area contributed by atoms with Gasteiger partial charge in [0.1, 0.15) is 6.04 Å². The van der Waals surface area contributed by atoms with Crippen LogP contribution >= 0.6 is 11.6 Å². The summed E-state index contributed by atoms with van der Waals surface area (Å²) >= 11 is 6.02. The van der Waals surface area contributed by atoms with Crippen LogP contribution in [0.15, 0.2) is 12.1 Å². The molecule has 0 radical (unpaired) electrons. The zero-order valence-electron chi connectivity index (χ0n) is 11.6. The molecule has 1 atom stereocenters. The van der Waals surface area contributed by atoms with Crippen molar-refractivity contribution in [3.63, 3.8) is 0 Å². The molecule has 7 heteroatoms. The summed E-state index contributed by atoms with van der Waals surface area (Å²) in [6, 6.07) is 0.898. The van der Waals surface area contributed by atoms with Gasteiger partial charge >= 0.3 is 6.18 Å². The van der Waals surface area contributed by atoms with Crippen LogP contribution in [0.3, 0.4) is 0 Å². The van der Waals surface area contributed by atoms with Crippen LogP contribution in [-0.2, 0) is 0 Å². The Balaban J connectivity index is 2.38. The van der Waals surface area contributed by atoms with E-state index in [0.717, 1.165) is 0 Å². The summed E-state index contributed by atoms with van der Waals surface area (Å²) in [5, 5.41) is 2.50. The lowest BCUT2D eigenvalue weighted by Crippen LogP contribution is -2.34. The molecule has 118 valence electrons. The first-order chi connectivity index (χ1) is 9.93. The van der Waals surface area contributed by atoms with Crippen LogP contribution < -0.4 is 14.8 Å². The minimum Gasteiger partial charge on any atom is -0.490 e. The number of rotatable bonds is 4. The first-order valence-corrected chi connectivity index (χ1v) is 7.20. The molecule has 0 aliphatic carbocycles. The second-order valence-corrected chi connectivity index (χ2v) is 5.21. The number of ether oxygens (including phenoxy) is 2. The average molecular weight is 324 g/mol. The van der Waals surface area contributed by atoms with Gasteiger partial charge in [0.2, 0.25) is 0 Å². The Morgan fingerprint density at radius 1 is 1.24 bits per heavy atom. The molecular formula is C14H17ClF3NO2. The van der Waals surface area contributed by atoms with Crippen molar-refractivity contribution in [1.82, 2.24) is 5.32 Å². The summed E-state index contributed by atoms with van der Waals surface area (Å²) in [6.07, 6.45) is -3.16. The zero-order chi connectivity index (χ0) is 15.5. The van der Waals surface area contributed by atoms with Gasteiger partial charge in [-0.2, -0.15) is 13.2 Å². The highest BCUT2D eigenvalue weighted by Crippen LogP contribution is 2.42. The topological polar surface area (TPSA) is 30.5 Å². The van der Waals surface area contributed by atoms with Crippen molar-refractivity contribution >= 4 is 11.6 Å². The maximum absolute atomic E-state index is 13.2. The smallest absolute Gasteiger partial charge is 0.407 e. The second-order valence-electron chi connectivity index (χ2n) is 4.80. The molecule has 1 N–H and O–H groups in total. The fraction of sp³-hybridized carbons (Fsp3) is 0.571. The molecular weight excluding hydrogens is 307 g/mol. The minimum atomic E-state index is -4.43. The summed E-state index contributed by atoms with van der Waals surface area (Å²) in [7, 11) is 0. The highest BCUT2D eigenvalue weighted by atomic mass is 35.5. The molecule has 0 spiro atoms. The van der Waals surface area contributed by atoms with E-state index in [1.807, 2.05) is 0 Å². The van der Waals surface area contributed by atoms with Crippen molar-refractivity contribution in [1.29, 1.82) is 0 Å². The van der Waals surface area contributed by atoms with E-state index in [-0.39, 0.29) is 17.1 Å². The molecule has 1 aliphatic rings. The molecule has 2 rings (SSSR count). The molecule has 1 heterocycles. The average Bonchev–Trinajstić information content (AvgIpc) is 2.62. The first-order valence-electron chi connectivity index (χ1n) is 6.82. The molecule has 1 unspecified atom stereocenters. The number of halogens is 4. The Morgan fingerprint density at radius 3 is 2.43 bits per heavy atom. The van der Waals surface area contributed by atoms with Crippen molar-refractivity contribution in [2.24, 2.45) is 0 Å². The van der Waals surface area contributed by atoms with Gasteiger partial charge < -0.3 is 14.8 Å². The number of nitrogens with one attached hydrogen (secondary N) is 1. The van der Waals surface area contributed by atoms with Gasteiger partial charge in [-0.15, -0.1) is 0 Å². The van der Waals surface area contributed by atoms with E-state index >= 15 is 0 Å². The molecule has 0 saturated heterocycles. The fourth-order valence-electron chi connectivity index (χ4n) is 2.11. The van der Waals surface area contributed by atoms with E-state index in [9.17, 15) is 13.2 Å². The number of benzene rings is 1. The summed E-state index contributed by atoms with van der Waals surface area (Å²) in [6.45, 7) is 2.91. The van der Waals surface area contributed by atoms with Gasteiger partial charge in [-0.1, -0.05) is 18.5 Å². The zero-order valence-corrected chi connectivity index (χ0v) is 12.4. The van der Waals surface area contributed by atoms with Crippen molar-refractivity contribution in [3.8, 4) is 11.5 Å². The molecule has 0 amide bonds. The summed E-state index contributed by atoms with van der Waals surface area (Å²) in [5.74, 6) is 0.692. The van der Waals surface area contributed by atoms with Crippen molar-refractivity contribution in [2.75, 3.05) is 19.8 Å². The van der Waals surface area contributed by atoms with E-state index in [4.69, 9.17) is 21.1 Å². The molecule has 1 aliphatic heterocycles. The van der Waals surface area contributed by atoms with Gasteiger partial charge in [-0.25, -0.2) is 0 Å². The van der Waals surface area contributed by atoms with Gasteiger partial charge in [-0.3, -0.25) is 0 Å². The maximum Gasteiger partial charge on any atom is 0.407 e. The van der Waals surface area contributed by atoms with Crippen LogP contribution in [0.25, 0.3) is 0 Å². The standard InChI is InChI=1S/C14H17ClF3NO2/c1-2-4-19-13(14(16,17)18)9-7-11-12(8-10(9)15)21-6-3-5-20-11/h7-8,13,19H,2-6H2,1H3. The molecule has 0 aromatic heterocycles. The number of alkyl halides is 3. The van der Waals surface area contributed by atoms with Crippen molar-refractivity contribution in [2.45, 2.75) is 32.0 Å². The second kappa shape index (κ2) is 6.75. The van der Waals surface area contributed by atoms with Crippen LogP contribution in [0.4, 0.5) is 13.2 Å². The van der Waals surface area contributed by atoms with Gasteiger partial charge in [0.05, 0.1) is 13.2 Å². The minimum absolute atomic E-state index is 0.0187. The summed E-state index contributed by atoms with van der Waals surface area (Å²) in [4.78, 5) is 0. The van der Waals surface area contributed by atoms with Crippen molar-refractivity contribution < 1.29 is 22.6 Å². The highest BCUT2D eigenvalue weighted by molar-refractivity contribution is 6.31. The van der Waals surface area contributed by atoms with Crippen LogP contribution in [0.1, 0.15) is 31.4 Å². The monoisotopic (exact) mass is 323 g/mol. The van der Waals surface area contributed by atoms with Gasteiger partial charge in [0.15, 0.2) is 11.5 Å².